The molecule has 8 heteroatoms. The number of carbonyl (C=O) groups is 3. The molecule has 0 spiro atoms. The molecule has 0 saturated heterocycles. The van der Waals surface area contributed by atoms with Crippen molar-refractivity contribution in [1.29, 1.82) is 5.26 Å². The molecular weight excluding hydrogens is 436 g/mol. The van der Waals surface area contributed by atoms with E-state index in [0.717, 1.165) is 27.2 Å². The highest BCUT2D eigenvalue weighted by atomic mass is 16.6. The summed E-state index contributed by atoms with van der Waals surface area (Å²) in [5.74, 6) is -1.61. The van der Waals surface area contributed by atoms with Crippen LogP contribution in [0.3, 0.4) is 0 Å². The Bertz CT molecular complexity index is 1050. The van der Waals surface area contributed by atoms with Crippen LogP contribution in [0.2, 0.25) is 0 Å². The first-order valence-corrected chi connectivity index (χ1v) is 11.2. The van der Waals surface area contributed by atoms with E-state index in [9.17, 15) is 14.4 Å². The number of rotatable bonds is 9. The van der Waals surface area contributed by atoms with Crippen LogP contribution in [-0.2, 0) is 23.8 Å². The predicted molar refractivity (Wildman–Crippen MR) is 124 cm³/mol. The van der Waals surface area contributed by atoms with Gasteiger partial charge in [-0.1, -0.05) is 48.5 Å². The van der Waals surface area contributed by atoms with Crippen LogP contribution in [-0.4, -0.2) is 55.3 Å². The van der Waals surface area contributed by atoms with Crippen molar-refractivity contribution in [2.24, 2.45) is 0 Å². The molecule has 8 nitrogen and oxygen atoms in total. The molecule has 0 bridgehead atoms. The minimum Gasteiger partial charge on any atom is -0.463 e. The topological polar surface area (TPSA) is 106 Å². The highest BCUT2D eigenvalue weighted by Gasteiger charge is 2.33. The van der Waals surface area contributed by atoms with E-state index in [1.807, 2.05) is 54.6 Å². The monoisotopic (exact) mass is 464 g/mol. The molecule has 0 aromatic heterocycles. The van der Waals surface area contributed by atoms with Crippen molar-refractivity contribution in [1.82, 2.24) is 4.90 Å². The number of nitriles is 1. The zero-order valence-electron chi connectivity index (χ0n) is 19.5. The van der Waals surface area contributed by atoms with Crippen molar-refractivity contribution in [2.75, 3.05) is 20.3 Å². The molecule has 0 unspecified atom stereocenters. The quantitative estimate of drug-likeness (QED) is 0.407. The standard InChI is InChI=1S/C26H28N2O6/c1-4-32-25(30)23(14-9-15-27)34-24(29)17(2)28(3)26(31)33-16-22-20-12-7-5-10-18(20)19-11-6-8-13-21(19)22/h5-8,10-13,17,22-23H,4,9,14,16H2,1-3H3/t17-,23+/m0/s1. The van der Waals surface area contributed by atoms with Crippen LogP contribution in [0, 0.1) is 11.3 Å². The predicted octanol–water partition coefficient (Wildman–Crippen LogP) is 4.03. The maximum Gasteiger partial charge on any atom is 0.410 e. The summed E-state index contributed by atoms with van der Waals surface area (Å²) in [6.07, 6.45) is -1.85. The fourth-order valence-electron chi connectivity index (χ4n) is 3.91. The molecule has 3 rings (SSSR count). The molecule has 0 heterocycles. The van der Waals surface area contributed by atoms with Gasteiger partial charge in [0.25, 0.3) is 0 Å². The lowest BCUT2D eigenvalue weighted by Gasteiger charge is -2.25. The van der Waals surface area contributed by atoms with Gasteiger partial charge in [0.05, 0.1) is 12.7 Å². The summed E-state index contributed by atoms with van der Waals surface area (Å²) >= 11 is 0. The van der Waals surface area contributed by atoms with Crippen LogP contribution >= 0.6 is 0 Å². The van der Waals surface area contributed by atoms with Crippen LogP contribution in [0.1, 0.15) is 43.7 Å². The molecule has 178 valence electrons. The van der Waals surface area contributed by atoms with E-state index in [0.29, 0.717) is 0 Å². The average Bonchev–Trinajstić information content (AvgIpc) is 3.17. The van der Waals surface area contributed by atoms with Crippen molar-refractivity contribution >= 4 is 18.0 Å². The summed E-state index contributed by atoms with van der Waals surface area (Å²) in [5, 5.41) is 8.79. The van der Waals surface area contributed by atoms with Gasteiger partial charge < -0.3 is 14.2 Å². The molecule has 1 amide bonds. The fraction of sp³-hybridized carbons (Fsp3) is 0.385. The van der Waals surface area contributed by atoms with Gasteiger partial charge in [-0.3, -0.25) is 4.90 Å². The lowest BCUT2D eigenvalue weighted by molar-refractivity contribution is -0.170. The zero-order chi connectivity index (χ0) is 24.7. The third-order valence-corrected chi connectivity index (χ3v) is 5.87. The van der Waals surface area contributed by atoms with E-state index in [2.05, 4.69) is 0 Å². The molecule has 34 heavy (non-hydrogen) atoms. The van der Waals surface area contributed by atoms with Crippen molar-refractivity contribution in [3.05, 3.63) is 59.7 Å². The number of benzene rings is 2. The van der Waals surface area contributed by atoms with E-state index in [-0.39, 0.29) is 32.0 Å². The summed E-state index contributed by atoms with van der Waals surface area (Å²) in [6, 6.07) is 16.9. The number of hydrogen-bond donors (Lipinski definition) is 0. The van der Waals surface area contributed by atoms with Gasteiger partial charge in [0.2, 0.25) is 0 Å². The Morgan fingerprint density at radius 2 is 1.59 bits per heavy atom. The Kier molecular flexibility index (Phi) is 8.25. The maximum atomic E-state index is 12.7. The third kappa shape index (κ3) is 5.37. The Labute approximate surface area is 199 Å². The van der Waals surface area contributed by atoms with E-state index in [1.54, 1.807) is 6.92 Å². The molecule has 2 aromatic carbocycles. The number of esters is 2. The molecule has 2 aromatic rings. The number of ether oxygens (including phenoxy) is 3. The summed E-state index contributed by atoms with van der Waals surface area (Å²) in [4.78, 5) is 38.5. The molecule has 0 N–H and O–H groups in total. The SMILES string of the molecule is CCOC(=O)[C@@H](CCC#N)OC(=O)[C@H](C)N(C)C(=O)OCC1c2ccccc2-c2ccccc21. The van der Waals surface area contributed by atoms with Gasteiger partial charge in [-0.25, -0.2) is 14.4 Å². The minimum atomic E-state index is -1.20. The summed E-state index contributed by atoms with van der Waals surface area (Å²) < 4.78 is 15.7. The second-order valence-electron chi connectivity index (χ2n) is 7.97. The minimum absolute atomic E-state index is 0.0163. The Balaban J connectivity index is 1.62. The Morgan fingerprint density at radius 3 is 2.15 bits per heavy atom. The number of nitrogens with zero attached hydrogens (tertiary/aromatic N) is 2. The summed E-state index contributed by atoms with van der Waals surface area (Å²) in [6.45, 7) is 3.35. The molecule has 0 radical (unpaired) electrons. The van der Waals surface area contributed by atoms with Crippen LogP contribution in [0.5, 0.6) is 0 Å². The van der Waals surface area contributed by atoms with E-state index < -0.39 is 30.2 Å². The second kappa shape index (κ2) is 11.3. The van der Waals surface area contributed by atoms with Gasteiger partial charge in [-0.05, 0) is 36.1 Å². The summed E-state index contributed by atoms with van der Waals surface area (Å²) in [7, 11) is 1.43. The molecule has 1 aliphatic rings. The number of hydrogen-bond acceptors (Lipinski definition) is 7. The van der Waals surface area contributed by atoms with E-state index >= 15 is 0 Å². The normalized spacial score (nSPS) is 13.6. The van der Waals surface area contributed by atoms with Gasteiger partial charge in [0.15, 0.2) is 6.10 Å². The lowest BCUT2D eigenvalue weighted by Crippen LogP contribution is -2.44. The van der Waals surface area contributed by atoms with E-state index in [1.165, 1.54) is 14.0 Å². The van der Waals surface area contributed by atoms with Crippen molar-refractivity contribution in [2.45, 2.75) is 44.8 Å². The average molecular weight is 465 g/mol. The number of carbonyl (C=O) groups excluding carboxylic acids is 3. The lowest BCUT2D eigenvalue weighted by atomic mass is 9.98. The molecular formula is C26H28N2O6. The molecule has 1 aliphatic carbocycles. The first kappa shape index (κ1) is 24.8. The summed E-state index contributed by atoms with van der Waals surface area (Å²) in [5.41, 5.74) is 4.40. The van der Waals surface area contributed by atoms with Crippen molar-refractivity contribution < 1.29 is 28.6 Å². The third-order valence-electron chi connectivity index (χ3n) is 5.87. The van der Waals surface area contributed by atoms with Crippen LogP contribution < -0.4 is 0 Å². The smallest absolute Gasteiger partial charge is 0.410 e. The Hall–Kier alpha value is -3.86. The Morgan fingerprint density at radius 1 is 1.00 bits per heavy atom. The first-order valence-electron chi connectivity index (χ1n) is 11.2. The van der Waals surface area contributed by atoms with Gasteiger partial charge >= 0.3 is 18.0 Å². The zero-order valence-corrected chi connectivity index (χ0v) is 19.5. The maximum absolute atomic E-state index is 12.7. The van der Waals surface area contributed by atoms with Gasteiger partial charge in [-0.2, -0.15) is 5.26 Å². The van der Waals surface area contributed by atoms with Gasteiger partial charge in [0.1, 0.15) is 12.6 Å². The fourth-order valence-corrected chi connectivity index (χ4v) is 3.91. The highest BCUT2D eigenvalue weighted by Crippen LogP contribution is 2.44. The second-order valence-corrected chi connectivity index (χ2v) is 7.97. The highest BCUT2D eigenvalue weighted by molar-refractivity contribution is 5.84. The molecule has 0 saturated carbocycles. The van der Waals surface area contributed by atoms with Crippen LogP contribution in [0.25, 0.3) is 11.1 Å². The van der Waals surface area contributed by atoms with Crippen LogP contribution in [0.15, 0.2) is 48.5 Å². The number of likely N-dealkylation sites (N-methyl/N-ethyl adjacent to an activating group) is 1. The molecule has 0 fully saturated rings. The van der Waals surface area contributed by atoms with Gasteiger partial charge in [0, 0.05) is 25.8 Å². The first-order chi connectivity index (χ1) is 16.4. The van der Waals surface area contributed by atoms with Crippen LogP contribution in [0.4, 0.5) is 4.79 Å². The van der Waals surface area contributed by atoms with Crippen molar-refractivity contribution in [3.8, 4) is 17.2 Å². The van der Waals surface area contributed by atoms with Crippen molar-refractivity contribution in [3.63, 3.8) is 0 Å². The molecule has 2 atom stereocenters. The van der Waals surface area contributed by atoms with E-state index in [4.69, 9.17) is 19.5 Å². The largest absolute Gasteiger partial charge is 0.463 e. The van der Waals surface area contributed by atoms with Gasteiger partial charge in [-0.15, -0.1) is 0 Å². The molecule has 0 aliphatic heterocycles. The number of fused-ring (bicyclic) bond motifs is 3. The number of amides is 1.